The highest BCUT2D eigenvalue weighted by atomic mass is 19.1. The zero-order chi connectivity index (χ0) is 13.1. The molecule has 0 atom stereocenters. The molecule has 0 heterocycles. The molecule has 1 saturated carbocycles. The fourth-order valence-corrected chi connectivity index (χ4v) is 1.50. The maximum Gasteiger partial charge on any atom is 0.338 e. The van der Waals surface area contributed by atoms with Gasteiger partial charge in [0.2, 0.25) is 0 Å². The number of carbonyl (C=O) groups excluding carboxylic acids is 1. The number of halogens is 1. The van der Waals surface area contributed by atoms with Crippen molar-refractivity contribution in [3.8, 4) is 0 Å². The van der Waals surface area contributed by atoms with Crippen LogP contribution in [0.3, 0.4) is 0 Å². The lowest BCUT2D eigenvalue weighted by atomic mass is 10.2. The molecule has 3 N–H and O–H groups in total. The fraction of sp³-hybridized carbons (Fsp3) is 0.333. The number of carboxylic acid groups (broad SMARTS) is 1. The Hall–Kier alpha value is -2.11. The fourth-order valence-electron chi connectivity index (χ4n) is 1.50. The van der Waals surface area contributed by atoms with E-state index in [-0.39, 0.29) is 5.69 Å². The Labute approximate surface area is 103 Å². The van der Waals surface area contributed by atoms with Crippen molar-refractivity contribution in [1.82, 2.24) is 5.32 Å². The van der Waals surface area contributed by atoms with Crippen LogP contribution in [-0.4, -0.2) is 23.7 Å². The highest BCUT2D eigenvalue weighted by Crippen LogP contribution is 2.27. The minimum atomic E-state index is -1.34. The Bertz CT molecular complexity index is 486. The van der Waals surface area contributed by atoms with Gasteiger partial charge < -0.3 is 15.7 Å². The third-order valence-electron chi connectivity index (χ3n) is 2.71. The molecule has 5 nitrogen and oxygen atoms in total. The molecule has 1 aliphatic rings. The van der Waals surface area contributed by atoms with Crippen molar-refractivity contribution in [3.05, 3.63) is 29.6 Å². The zero-order valence-corrected chi connectivity index (χ0v) is 9.57. The van der Waals surface area contributed by atoms with Gasteiger partial charge in [0.1, 0.15) is 5.82 Å². The number of aromatic carboxylic acids is 1. The van der Waals surface area contributed by atoms with E-state index in [1.165, 1.54) is 6.07 Å². The summed E-state index contributed by atoms with van der Waals surface area (Å²) >= 11 is 0. The third-order valence-corrected chi connectivity index (χ3v) is 2.71. The molecule has 0 radical (unpaired) electrons. The number of anilines is 1. The van der Waals surface area contributed by atoms with E-state index in [4.69, 9.17) is 5.11 Å². The first-order chi connectivity index (χ1) is 8.56. The van der Waals surface area contributed by atoms with Crippen LogP contribution in [0.15, 0.2) is 18.2 Å². The normalized spacial score (nSPS) is 14.1. The molecule has 6 heteroatoms. The lowest BCUT2D eigenvalue weighted by molar-refractivity contribution is 0.0692. The van der Waals surface area contributed by atoms with Crippen molar-refractivity contribution in [2.45, 2.75) is 12.8 Å². The Kier molecular flexibility index (Phi) is 3.45. The monoisotopic (exact) mass is 252 g/mol. The molecule has 0 bridgehead atoms. The van der Waals surface area contributed by atoms with Crippen molar-refractivity contribution in [1.29, 1.82) is 0 Å². The van der Waals surface area contributed by atoms with Gasteiger partial charge in [-0.1, -0.05) is 0 Å². The van der Waals surface area contributed by atoms with Crippen molar-refractivity contribution in [2.75, 3.05) is 11.9 Å². The van der Waals surface area contributed by atoms with Crippen LogP contribution in [0.4, 0.5) is 14.9 Å². The maximum atomic E-state index is 13.3. The molecular weight excluding hydrogens is 239 g/mol. The van der Waals surface area contributed by atoms with Crippen LogP contribution in [0, 0.1) is 11.7 Å². The van der Waals surface area contributed by atoms with Gasteiger partial charge in [0.05, 0.1) is 5.56 Å². The average Bonchev–Trinajstić information content (AvgIpc) is 3.09. The molecule has 0 unspecified atom stereocenters. The minimum Gasteiger partial charge on any atom is -0.478 e. The van der Waals surface area contributed by atoms with E-state index >= 15 is 0 Å². The van der Waals surface area contributed by atoms with Crippen molar-refractivity contribution in [2.24, 2.45) is 5.92 Å². The second-order valence-electron chi connectivity index (χ2n) is 4.28. The molecule has 1 fully saturated rings. The van der Waals surface area contributed by atoms with Crippen LogP contribution < -0.4 is 10.6 Å². The average molecular weight is 252 g/mol. The Morgan fingerprint density at radius 1 is 1.39 bits per heavy atom. The van der Waals surface area contributed by atoms with Gasteiger partial charge in [-0.05, 0) is 37.0 Å². The standard InChI is InChI=1S/C12H13FN2O3/c13-10-5-8(3-4-9(10)11(16)17)15-12(18)14-6-7-1-2-7/h3-5,7H,1-2,6H2,(H,16,17)(H2,14,15,18). The second-order valence-corrected chi connectivity index (χ2v) is 4.28. The predicted molar refractivity (Wildman–Crippen MR) is 63.1 cm³/mol. The largest absolute Gasteiger partial charge is 0.478 e. The van der Waals surface area contributed by atoms with Gasteiger partial charge in [-0.25, -0.2) is 14.0 Å². The predicted octanol–water partition coefficient (Wildman–Crippen LogP) is 2.06. The van der Waals surface area contributed by atoms with E-state index in [1.807, 2.05) is 0 Å². The lowest BCUT2D eigenvalue weighted by Crippen LogP contribution is -2.30. The summed E-state index contributed by atoms with van der Waals surface area (Å²) in [6.07, 6.45) is 2.25. The number of hydrogen-bond donors (Lipinski definition) is 3. The number of carbonyl (C=O) groups is 2. The highest BCUT2D eigenvalue weighted by molar-refractivity contribution is 5.91. The quantitative estimate of drug-likeness (QED) is 0.767. The van der Waals surface area contributed by atoms with Crippen LogP contribution >= 0.6 is 0 Å². The summed E-state index contributed by atoms with van der Waals surface area (Å²) in [5, 5.41) is 13.8. The lowest BCUT2D eigenvalue weighted by Gasteiger charge is -2.07. The summed E-state index contributed by atoms with van der Waals surface area (Å²) in [4.78, 5) is 22.0. The molecule has 1 aliphatic carbocycles. The van der Waals surface area contributed by atoms with E-state index in [0.29, 0.717) is 12.5 Å². The molecule has 0 aromatic heterocycles. The molecule has 0 spiro atoms. The van der Waals surface area contributed by atoms with E-state index in [2.05, 4.69) is 10.6 Å². The first-order valence-electron chi connectivity index (χ1n) is 5.64. The van der Waals surface area contributed by atoms with Crippen molar-refractivity contribution < 1.29 is 19.1 Å². The van der Waals surface area contributed by atoms with Crippen LogP contribution in [0.25, 0.3) is 0 Å². The topological polar surface area (TPSA) is 78.4 Å². The molecule has 2 rings (SSSR count). The minimum absolute atomic E-state index is 0.228. The van der Waals surface area contributed by atoms with E-state index in [9.17, 15) is 14.0 Å². The SMILES string of the molecule is O=C(NCC1CC1)Nc1ccc(C(=O)O)c(F)c1. The second kappa shape index (κ2) is 5.03. The van der Waals surface area contributed by atoms with E-state index in [0.717, 1.165) is 25.0 Å². The first kappa shape index (κ1) is 12.3. The molecule has 1 aromatic carbocycles. The number of carboxylic acids is 1. The summed E-state index contributed by atoms with van der Waals surface area (Å²) in [6, 6.07) is 3.04. The number of hydrogen-bond acceptors (Lipinski definition) is 2. The molecule has 18 heavy (non-hydrogen) atoms. The van der Waals surface area contributed by atoms with Gasteiger partial charge >= 0.3 is 12.0 Å². The van der Waals surface area contributed by atoms with Gasteiger partial charge in [-0.15, -0.1) is 0 Å². The van der Waals surface area contributed by atoms with Gasteiger partial charge in [0.25, 0.3) is 0 Å². The van der Waals surface area contributed by atoms with Gasteiger partial charge in [0, 0.05) is 12.2 Å². The van der Waals surface area contributed by atoms with Crippen LogP contribution in [0.5, 0.6) is 0 Å². The summed E-state index contributed by atoms with van der Waals surface area (Å²) in [5.41, 5.74) is -0.190. The first-order valence-corrected chi connectivity index (χ1v) is 5.64. The van der Waals surface area contributed by atoms with Crippen LogP contribution in [-0.2, 0) is 0 Å². The summed E-state index contributed by atoms with van der Waals surface area (Å²) in [5.74, 6) is -1.65. The Morgan fingerprint density at radius 3 is 2.67 bits per heavy atom. The summed E-state index contributed by atoms with van der Waals surface area (Å²) in [6.45, 7) is 0.613. The highest BCUT2D eigenvalue weighted by Gasteiger charge is 2.21. The molecule has 2 amide bonds. The maximum absolute atomic E-state index is 13.3. The number of urea groups is 1. The number of amides is 2. The number of rotatable bonds is 4. The van der Waals surface area contributed by atoms with Crippen LogP contribution in [0.1, 0.15) is 23.2 Å². The smallest absolute Gasteiger partial charge is 0.338 e. The molecule has 96 valence electrons. The van der Waals surface area contributed by atoms with Crippen molar-refractivity contribution in [3.63, 3.8) is 0 Å². The molecule has 0 aliphatic heterocycles. The molecule has 0 saturated heterocycles. The van der Waals surface area contributed by atoms with Gasteiger partial charge in [0.15, 0.2) is 0 Å². The number of nitrogens with one attached hydrogen (secondary N) is 2. The zero-order valence-electron chi connectivity index (χ0n) is 9.57. The van der Waals surface area contributed by atoms with Crippen LogP contribution in [0.2, 0.25) is 0 Å². The Balaban J connectivity index is 1.94. The number of benzene rings is 1. The summed E-state index contributed by atoms with van der Waals surface area (Å²) in [7, 11) is 0. The molecular formula is C12H13FN2O3. The van der Waals surface area contributed by atoms with Crippen molar-refractivity contribution >= 4 is 17.7 Å². The van der Waals surface area contributed by atoms with Gasteiger partial charge in [-0.2, -0.15) is 0 Å². The summed E-state index contributed by atoms with van der Waals surface area (Å²) < 4.78 is 13.3. The molecule has 1 aromatic rings. The van der Waals surface area contributed by atoms with E-state index in [1.54, 1.807) is 0 Å². The van der Waals surface area contributed by atoms with Gasteiger partial charge in [-0.3, -0.25) is 0 Å². The Morgan fingerprint density at radius 2 is 2.11 bits per heavy atom. The van der Waals surface area contributed by atoms with E-state index < -0.39 is 23.4 Å². The third kappa shape index (κ3) is 3.19.